The molecule has 78 valence electrons. The molecule has 2 heteroatoms. The van der Waals surface area contributed by atoms with E-state index in [0.717, 1.165) is 36.0 Å². The summed E-state index contributed by atoms with van der Waals surface area (Å²) < 4.78 is 0. The van der Waals surface area contributed by atoms with E-state index in [4.69, 9.17) is 0 Å². The van der Waals surface area contributed by atoms with Gasteiger partial charge in [-0.15, -0.1) is 0 Å². The lowest BCUT2D eigenvalue weighted by molar-refractivity contribution is 0.394. The summed E-state index contributed by atoms with van der Waals surface area (Å²) in [5.41, 5.74) is 2.76. The molecule has 1 rings (SSSR count). The average molecular weight is 194 g/mol. The second-order valence-corrected chi connectivity index (χ2v) is 3.63. The topological polar surface area (TPSA) is 40.5 Å². The molecule has 0 aliphatic carbocycles. The number of phenolic OH excluding ortho intramolecular Hbond substituents is 2. The molecule has 0 heterocycles. The van der Waals surface area contributed by atoms with Gasteiger partial charge in [0.15, 0.2) is 11.5 Å². The first-order chi connectivity index (χ1) is 6.61. The monoisotopic (exact) mass is 194 g/mol. The molecule has 0 saturated carbocycles. The van der Waals surface area contributed by atoms with Crippen LogP contribution in [0.15, 0.2) is 6.07 Å². The summed E-state index contributed by atoms with van der Waals surface area (Å²) in [6.07, 6.45) is 2.53. The summed E-state index contributed by atoms with van der Waals surface area (Å²) in [6, 6.07) is 1.96. The summed E-state index contributed by atoms with van der Waals surface area (Å²) in [4.78, 5) is 0. The summed E-state index contributed by atoms with van der Waals surface area (Å²) in [5.74, 6) is 0.130. The van der Waals surface area contributed by atoms with Gasteiger partial charge in [-0.3, -0.25) is 0 Å². The Balaban J connectivity index is 3.26. The third kappa shape index (κ3) is 1.84. The molecule has 0 unspecified atom stereocenters. The van der Waals surface area contributed by atoms with Gasteiger partial charge in [0.2, 0.25) is 0 Å². The van der Waals surface area contributed by atoms with E-state index in [1.54, 1.807) is 0 Å². The zero-order chi connectivity index (χ0) is 10.7. The highest BCUT2D eigenvalue weighted by atomic mass is 16.3. The summed E-state index contributed by atoms with van der Waals surface area (Å²) in [7, 11) is 0. The Hall–Kier alpha value is -1.18. The zero-order valence-corrected chi connectivity index (χ0v) is 9.09. The Morgan fingerprint density at radius 1 is 1.14 bits per heavy atom. The van der Waals surface area contributed by atoms with E-state index >= 15 is 0 Å². The Morgan fingerprint density at radius 3 is 2.29 bits per heavy atom. The van der Waals surface area contributed by atoms with Crippen LogP contribution in [0, 0.1) is 6.92 Å². The molecule has 2 nitrogen and oxygen atoms in total. The largest absolute Gasteiger partial charge is 0.504 e. The normalized spacial score (nSPS) is 10.5. The minimum atomic E-state index is 0.0570. The van der Waals surface area contributed by atoms with Crippen molar-refractivity contribution in [3.8, 4) is 11.5 Å². The number of rotatable bonds is 3. The van der Waals surface area contributed by atoms with E-state index < -0.39 is 0 Å². The van der Waals surface area contributed by atoms with Crippen LogP contribution in [0.4, 0.5) is 0 Å². The Bertz CT molecular complexity index is 330. The van der Waals surface area contributed by atoms with E-state index in [0.29, 0.717) is 0 Å². The molecule has 0 aromatic heterocycles. The zero-order valence-electron chi connectivity index (χ0n) is 9.09. The number of hydrogen-bond donors (Lipinski definition) is 2. The van der Waals surface area contributed by atoms with Crippen LogP contribution in [-0.2, 0) is 12.8 Å². The van der Waals surface area contributed by atoms with E-state index in [1.165, 1.54) is 0 Å². The van der Waals surface area contributed by atoms with Crippen molar-refractivity contribution in [3.05, 3.63) is 22.8 Å². The van der Waals surface area contributed by atoms with Crippen molar-refractivity contribution >= 4 is 0 Å². The van der Waals surface area contributed by atoms with E-state index in [1.807, 2.05) is 19.9 Å². The first kappa shape index (κ1) is 10.9. The van der Waals surface area contributed by atoms with Gasteiger partial charge in [-0.1, -0.05) is 26.3 Å². The number of aryl methyl sites for hydroxylation is 2. The van der Waals surface area contributed by atoms with Gasteiger partial charge in [-0.2, -0.15) is 0 Å². The van der Waals surface area contributed by atoms with Crippen molar-refractivity contribution in [2.24, 2.45) is 0 Å². The molecule has 1 aromatic carbocycles. The van der Waals surface area contributed by atoms with Gasteiger partial charge in [-0.25, -0.2) is 0 Å². The average Bonchev–Trinajstić information content (AvgIpc) is 2.18. The fraction of sp³-hybridized carbons (Fsp3) is 0.500. The van der Waals surface area contributed by atoms with Crippen LogP contribution in [0.5, 0.6) is 11.5 Å². The van der Waals surface area contributed by atoms with Gasteiger partial charge < -0.3 is 10.2 Å². The second-order valence-electron chi connectivity index (χ2n) is 3.63. The maximum atomic E-state index is 9.77. The van der Waals surface area contributed by atoms with Crippen molar-refractivity contribution in [1.82, 2.24) is 0 Å². The third-order valence-electron chi connectivity index (χ3n) is 2.56. The molecule has 0 aliphatic heterocycles. The lowest BCUT2D eigenvalue weighted by atomic mass is 9.98. The van der Waals surface area contributed by atoms with Gasteiger partial charge >= 0.3 is 0 Å². The van der Waals surface area contributed by atoms with Crippen molar-refractivity contribution < 1.29 is 10.2 Å². The first-order valence-corrected chi connectivity index (χ1v) is 5.15. The smallest absolute Gasteiger partial charge is 0.161 e. The van der Waals surface area contributed by atoms with Crippen LogP contribution in [-0.4, -0.2) is 10.2 Å². The van der Waals surface area contributed by atoms with Crippen LogP contribution >= 0.6 is 0 Å². The molecule has 0 bridgehead atoms. The molecular formula is C12H18O2. The van der Waals surface area contributed by atoms with Crippen molar-refractivity contribution in [2.75, 3.05) is 0 Å². The Morgan fingerprint density at radius 2 is 1.79 bits per heavy atom. The molecule has 0 spiro atoms. The fourth-order valence-electron chi connectivity index (χ4n) is 1.73. The predicted octanol–water partition coefficient (Wildman–Crippen LogP) is 2.92. The quantitative estimate of drug-likeness (QED) is 0.726. The maximum absolute atomic E-state index is 9.77. The van der Waals surface area contributed by atoms with Crippen LogP contribution in [0.1, 0.15) is 37.0 Å². The molecule has 0 amide bonds. The predicted molar refractivity (Wildman–Crippen MR) is 57.9 cm³/mol. The molecule has 0 aliphatic rings. The highest BCUT2D eigenvalue weighted by molar-refractivity contribution is 5.53. The van der Waals surface area contributed by atoms with Gasteiger partial charge in [0.25, 0.3) is 0 Å². The van der Waals surface area contributed by atoms with E-state index in [9.17, 15) is 10.2 Å². The second kappa shape index (κ2) is 4.36. The van der Waals surface area contributed by atoms with Crippen LogP contribution < -0.4 is 0 Å². The summed E-state index contributed by atoms with van der Waals surface area (Å²) >= 11 is 0. The van der Waals surface area contributed by atoms with E-state index in [-0.39, 0.29) is 11.5 Å². The lowest BCUT2D eigenvalue weighted by Gasteiger charge is -2.12. The summed E-state index contributed by atoms with van der Waals surface area (Å²) in [6.45, 7) is 6.00. The van der Waals surface area contributed by atoms with Crippen molar-refractivity contribution in [2.45, 2.75) is 40.0 Å². The number of benzene rings is 1. The summed E-state index contributed by atoms with van der Waals surface area (Å²) in [5, 5.41) is 19.5. The van der Waals surface area contributed by atoms with E-state index in [2.05, 4.69) is 6.92 Å². The van der Waals surface area contributed by atoms with Gasteiger partial charge in [0.1, 0.15) is 0 Å². The molecule has 2 N–H and O–H groups in total. The first-order valence-electron chi connectivity index (χ1n) is 5.15. The van der Waals surface area contributed by atoms with Crippen LogP contribution in [0.25, 0.3) is 0 Å². The third-order valence-corrected chi connectivity index (χ3v) is 2.56. The minimum Gasteiger partial charge on any atom is -0.504 e. The standard InChI is InChI=1S/C12H18O2/c1-4-6-10-8(3)7-9(5-2)11(13)12(10)14/h7,13-14H,4-6H2,1-3H3. The van der Waals surface area contributed by atoms with Gasteiger partial charge in [-0.05, 0) is 30.9 Å². The van der Waals surface area contributed by atoms with Crippen molar-refractivity contribution in [3.63, 3.8) is 0 Å². The molecule has 14 heavy (non-hydrogen) atoms. The minimum absolute atomic E-state index is 0.0570. The maximum Gasteiger partial charge on any atom is 0.161 e. The molecule has 0 radical (unpaired) electrons. The van der Waals surface area contributed by atoms with Crippen LogP contribution in [0.2, 0.25) is 0 Å². The van der Waals surface area contributed by atoms with Crippen molar-refractivity contribution in [1.29, 1.82) is 0 Å². The molecule has 0 saturated heterocycles. The number of phenols is 2. The number of aromatic hydroxyl groups is 2. The fourth-order valence-corrected chi connectivity index (χ4v) is 1.73. The Kier molecular flexibility index (Phi) is 3.39. The molecule has 0 fully saturated rings. The molecule has 0 atom stereocenters. The van der Waals surface area contributed by atoms with Gasteiger partial charge in [0, 0.05) is 5.56 Å². The van der Waals surface area contributed by atoms with Crippen LogP contribution in [0.3, 0.4) is 0 Å². The van der Waals surface area contributed by atoms with Gasteiger partial charge in [0.05, 0.1) is 0 Å². The highest BCUT2D eigenvalue weighted by Gasteiger charge is 2.12. The number of hydrogen-bond acceptors (Lipinski definition) is 2. The lowest BCUT2D eigenvalue weighted by Crippen LogP contribution is -1.93. The molecule has 1 aromatic rings. The highest BCUT2D eigenvalue weighted by Crippen LogP contribution is 2.35. The Labute approximate surface area is 85.2 Å². The SMILES string of the molecule is CCCc1c(C)cc(CC)c(O)c1O. The molecular weight excluding hydrogens is 176 g/mol.